The van der Waals surface area contributed by atoms with E-state index in [4.69, 9.17) is 0 Å². The van der Waals surface area contributed by atoms with Gasteiger partial charge in [0.15, 0.2) is 0 Å². The van der Waals surface area contributed by atoms with Crippen molar-refractivity contribution >= 4 is 11.6 Å². The van der Waals surface area contributed by atoms with Crippen molar-refractivity contribution in [2.24, 2.45) is 0 Å². The summed E-state index contributed by atoms with van der Waals surface area (Å²) in [6.07, 6.45) is 2.35. The van der Waals surface area contributed by atoms with Crippen LogP contribution in [0, 0.1) is 0 Å². The Bertz CT molecular complexity index is 581. The first-order valence-electron chi connectivity index (χ1n) is 7.92. The van der Waals surface area contributed by atoms with Crippen LogP contribution in [0.25, 0.3) is 0 Å². The zero-order chi connectivity index (χ0) is 15.6. The second-order valence-corrected chi connectivity index (χ2v) is 5.32. The maximum absolute atomic E-state index is 12.1. The Hall–Kier alpha value is -2.13. The molecule has 0 aliphatic carbocycles. The first-order valence-corrected chi connectivity index (χ1v) is 7.92. The lowest BCUT2D eigenvalue weighted by Crippen LogP contribution is -2.16. The Morgan fingerprint density at radius 3 is 2.50 bits per heavy atom. The van der Waals surface area contributed by atoms with Crippen molar-refractivity contribution < 1.29 is 4.79 Å². The van der Waals surface area contributed by atoms with Crippen molar-refractivity contribution in [3.8, 4) is 0 Å². The number of hydrogen-bond acceptors (Lipinski definition) is 2. The Balaban J connectivity index is 1.81. The van der Waals surface area contributed by atoms with Gasteiger partial charge in [-0.1, -0.05) is 55.5 Å². The number of hydrogen-bond donors (Lipinski definition) is 2. The number of anilines is 1. The average Bonchev–Trinajstić information content (AvgIpc) is 2.55. The fraction of sp³-hybridized carbons (Fsp3) is 0.316. The molecule has 0 atom stereocenters. The molecule has 0 saturated heterocycles. The summed E-state index contributed by atoms with van der Waals surface area (Å²) in [4.78, 5) is 12.1. The van der Waals surface area contributed by atoms with Gasteiger partial charge in [0.05, 0.1) is 0 Å². The molecule has 3 heteroatoms. The molecule has 0 heterocycles. The molecule has 0 bridgehead atoms. The lowest BCUT2D eigenvalue weighted by Gasteiger charge is -2.11. The first kappa shape index (κ1) is 16.2. The number of aryl methyl sites for hydroxylation is 1. The Morgan fingerprint density at radius 1 is 1.00 bits per heavy atom. The first-order chi connectivity index (χ1) is 10.8. The van der Waals surface area contributed by atoms with Crippen LogP contribution in [0.2, 0.25) is 0 Å². The third-order valence-corrected chi connectivity index (χ3v) is 3.57. The van der Waals surface area contributed by atoms with Crippen LogP contribution in [0.5, 0.6) is 0 Å². The molecule has 0 aliphatic rings. The molecule has 0 aromatic heterocycles. The second-order valence-electron chi connectivity index (χ2n) is 5.32. The zero-order valence-electron chi connectivity index (χ0n) is 13.1. The summed E-state index contributed by atoms with van der Waals surface area (Å²) in [7, 11) is 0. The van der Waals surface area contributed by atoms with Gasteiger partial charge in [-0.25, -0.2) is 0 Å². The highest BCUT2D eigenvalue weighted by Gasteiger charge is 2.06. The van der Waals surface area contributed by atoms with E-state index < -0.39 is 0 Å². The van der Waals surface area contributed by atoms with Crippen molar-refractivity contribution in [1.82, 2.24) is 5.32 Å². The quantitative estimate of drug-likeness (QED) is 0.779. The highest BCUT2D eigenvalue weighted by Crippen LogP contribution is 2.15. The second kappa shape index (κ2) is 9.00. The minimum Gasteiger partial charge on any atom is -0.326 e. The maximum atomic E-state index is 12.1. The van der Waals surface area contributed by atoms with Gasteiger partial charge in [0, 0.05) is 18.7 Å². The number of amides is 1. The summed E-state index contributed by atoms with van der Waals surface area (Å²) in [6.45, 7) is 3.76. The number of para-hydroxylation sites is 1. The molecular weight excluding hydrogens is 272 g/mol. The van der Waals surface area contributed by atoms with E-state index in [1.165, 1.54) is 5.56 Å². The standard InChI is InChI=1S/C19H24N2O/c1-2-20-15-17-12-6-7-13-18(17)21-19(22)14-8-11-16-9-4-3-5-10-16/h3-7,9-10,12-13,20H,2,8,11,14-15H2,1H3,(H,21,22). The zero-order valence-corrected chi connectivity index (χ0v) is 13.1. The van der Waals surface area contributed by atoms with Gasteiger partial charge in [0.1, 0.15) is 0 Å². The van der Waals surface area contributed by atoms with Gasteiger partial charge in [-0.05, 0) is 36.6 Å². The van der Waals surface area contributed by atoms with Crippen LogP contribution < -0.4 is 10.6 Å². The molecule has 0 radical (unpaired) electrons. The highest BCUT2D eigenvalue weighted by atomic mass is 16.1. The van der Waals surface area contributed by atoms with Crippen LogP contribution in [-0.2, 0) is 17.8 Å². The summed E-state index contributed by atoms with van der Waals surface area (Å²) in [5.74, 6) is 0.0832. The van der Waals surface area contributed by atoms with E-state index >= 15 is 0 Å². The number of carbonyl (C=O) groups is 1. The highest BCUT2D eigenvalue weighted by molar-refractivity contribution is 5.91. The molecule has 0 fully saturated rings. The molecule has 1 amide bonds. The maximum Gasteiger partial charge on any atom is 0.224 e. The topological polar surface area (TPSA) is 41.1 Å². The smallest absolute Gasteiger partial charge is 0.224 e. The minimum absolute atomic E-state index is 0.0832. The van der Waals surface area contributed by atoms with Gasteiger partial charge >= 0.3 is 0 Å². The molecule has 0 aliphatic heterocycles. The third kappa shape index (κ3) is 5.34. The fourth-order valence-electron chi connectivity index (χ4n) is 2.37. The van der Waals surface area contributed by atoms with Gasteiger partial charge in [-0.15, -0.1) is 0 Å². The van der Waals surface area contributed by atoms with E-state index in [1.54, 1.807) is 0 Å². The summed E-state index contributed by atoms with van der Waals surface area (Å²) >= 11 is 0. The predicted molar refractivity (Wildman–Crippen MR) is 91.8 cm³/mol. The van der Waals surface area contributed by atoms with E-state index in [0.29, 0.717) is 6.42 Å². The molecule has 0 spiro atoms. The van der Waals surface area contributed by atoms with Gasteiger partial charge < -0.3 is 10.6 Å². The fourth-order valence-corrected chi connectivity index (χ4v) is 2.37. The van der Waals surface area contributed by atoms with Crippen LogP contribution in [0.3, 0.4) is 0 Å². The lowest BCUT2D eigenvalue weighted by atomic mass is 10.1. The largest absolute Gasteiger partial charge is 0.326 e. The van der Waals surface area contributed by atoms with Crippen LogP contribution in [-0.4, -0.2) is 12.5 Å². The molecule has 22 heavy (non-hydrogen) atoms. The van der Waals surface area contributed by atoms with Crippen molar-refractivity contribution in [2.45, 2.75) is 32.7 Å². The molecule has 2 aromatic carbocycles. The summed E-state index contributed by atoms with van der Waals surface area (Å²) in [5, 5.41) is 6.32. The van der Waals surface area contributed by atoms with Gasteiger partial charge in [0.25, 0.3) is 0 Å². The van der Waals surface area contributed by atoms with Crippen LogP contribution in [0.15, 0.2) is 54.6 Å². The van der Waals surface area contributed by atoms with Crippen molar-refractivity contribution in [3.05, 3.63) is 65.7 Å². The van der Waals surface area contributed by atoms with Crippen molar-refractivity contribution in [2.75, 3.05) is 11.9 Å². The molecule has 2 N–H and O–H groups in total. The van der Waals surface area contributed by atoms with Gasteiger partial charge in [-0.2, -0.15) is 0 Å². The monoisotopic (exact) mass is 296 g/mol. The van der Waals surface area contributed by atoms with E-state index in [9.17, 15) is 4.79 Å². The molecule has 2 aromatic rings. The van der Waals surface area contributed by atoms with Crippen LogP contribution in [0.4, 0.5) is 5.69 Å². The van der Waals surface area contributed by atoms with Crippen molar-refractivity contribution in [3.63, 3.8) is 0 Å². The van der Waals surface area contributed by atoms with Crippen LogP contribution in [0.1, 0.15) is 30.9 Å². The minimum atomic E-state index is 0.0832. The number of carbonyl (C=O) groups excluding carboxylic acids is 1. The van der Waals surface area contributed by atoms with E-state index in [1.807, 2.05) is 42.5 Å². The predicted octanol–water partition coefficient (Wildman–Crippen LogP) is 3.76. The van der Waals surface area contributed by atoms with Gasteiger partial charge in [-0.3, -0.25) is 4.79 Å². The normalized spacial score (nSPS) is 10.4. The molecule has 116 valence electrons. The number of benzene rings is 2. The van der Waals surface area contributed by atoms with Gasteiger partial charge in [0.2, 0.25) is 5.91 Å². The third-order valence-electron chi connectivity index (χ3n) is 3.57. The number of nitrogens with one attached hydrogen (secondary N) is 2. The molecular formula is C19H24N2O. The Kier molecular flexibility index (Phi) is 6.65. The molecule has 0 saturated carbocycles. The van der Waals surface area contributed by atoms with Crippen molar-refractivity contribution in [1.29, 1.82) is 0 Å². The van der Waals surface area contributed by atoms with E-state index in [0.717, 1.165) is 37.2 Å². The van der Waals surface area contributed by atoms with E-state index in [-0.39, 0.29) is 5.91 Å². The summed E-state index contributed by atoms with van der Waals surface area (Å²) in [6, 6.07) is 18.2. The molecule has 0 unspecified atom stereocenters. The van der Waals surface area contributed by atoms with E-state index in [2.05, 4.69) is 29.7 Å². The molecule has 3 nitrogen and oxygen atoms in total. The summed E-state index contributed by atoms with van der Waals surface area (Å²) in [5.41, 5.74) is 3.32. The Morgan fingerprint density at radius 2 is 1.73 bits per heavy atom. The summed E-state index contributed by atoms with van der Waals surface area (Å²) < 4.78 is 0. The number of rotatable bonds is 8. The Labute approximate surface area is 132 Å². The molecule has 2 rings (SSSR count). The SMILES string of the molecule is CCNCc1ccccc1NC(=O)CCCc1ccccc1. The lowest BCUT2D eigenvalue weighted by molar-refractivity contribution is -0.116. The van der Waals surface area contributed by atoms with Crippen LogP contribution >= 0.6 is 0 Å². The average molecular weight is 296 g/mol.